The highest BCUT2D eigenvalue weighted by atomic mass is 32.2. The highest BCUT2D eigenvalue weighted by molar-refractivity contribution is 7.90. The number of anilines is 2. The summed E-state index contributed by atoms with van der Waals surface area (Å²) in [5.74, 6) is 0.683. The summed E-state index contributed by atoms with van der Waals surface area (Å²) in [6, 6.07) is 6.43. The number of carbonyl (C=O) groups is 2. The van der Waals surface area contributed by atoms with Gasteiger partial charge in [-0.15, -0.1) is 0 Å². The van der Waals surface area contributed by atoms with E-state index >= 15 is 0 Å². The molecule has 4 rings (SSSR count). The van der Waals surface area contributed by atoms with Gasteiger partial charge in [-0.1, -0.05) is 19.9 Å². The largest absolute Gasteiger partial charge is 0.447 e. The number of hydrogen-bond acceptors (Lipinski definition) is 7. The van der Waals surface area contributed by atoms with Crippen molar-refractivity contribution in [3.05, 3.63) is 47.2 Å². The van der Waals surface area contributed by atoms with Gasteiger partial charge in [0.15, 0.2) is 9.84 Å². The Balaban J connectivity index is 1.58. The van der Waals surface area contributed by atoms with Gasteiger partial charge in [-0.25, -0.2) is 18.2 Å². The molecule has 35 heavy (non-hydrogen) atoms. The van der Waals surface area contributed by atoms with Gasteiger partial charge in [0.1, 0.15) is 12.4 Å². The number of hydrogen-bond donors (Lipinski definition) is 0. The van der Waals surface area contributed by atoms with Gasteiger partial charge in [-0.3, -0.25) is 9.69 Å². The van der Waals surface area contributed by atoms with Crippen molar-refractivity contribution >= 4 is 33.3 Å². The molecule has 2 amide bonds. The van der Waals surface area contributed by atoms with Crippen LogP contribution < -0.4 is 9.80 Å². The van der Waals surface area contributed by atoms with Crippen molar-refractivity contribution in [2.75, 3.05) is 48.8 Å². The molecule has 188 valence electrons. The monoisotopic (exact) mass is 500 g/mol. The minimum absolute atomic E-state index is 0.0827. The predicted molar refractivity (Wildman–Crippen MR) is 134 cm³/mol. The van der Waals surface area contributed by atoms with E-state index in [-0.39, 0.29) is 34.9 Å². The van der Waals surface area contributed by atoms with Crippen LogP contribution in [0.15, 0.2) is 35.4 Å². The molecular weight excluding hydrogens is 468 g/mol. The molecule has 0 N–H and O–H groups in total. The lowest BCUT2D eigenvalue weighted by atomic mass is 10.0. The number of cyclic esters (lactones) is 1. The number of pyridine rings is 1. The second kappa shape index (κ2) is 9.49. The fraction of sp³-hybridized carbons (Fsp3) is 0.480. The molecule has 2 aromatic rings. The van der Waals surface area contributed by atoms with Crippen molar-refractivity contribution in [1.82, 2.24) is 9.88 Å². The van der Waals surface area contributed by atoms with E-state index in [1.807, 2.05) is 33.9 Å². The van der Waals surface area contributed by atoms with Crippen LogP contribution in [0.5, 0.6) is 0 Å². The van der Waals surface area contributed by atoms with Crippen LogP contribution in [0, 0.1) is 19.8 Å². The molecule has 10 heteroatoms. The number of rotatable bonds is 5. The molecule has 2 aliphatic rings. The van der Waals surface area contributed by atoms with Crippen LogP contribution >= 0.6 is 0 Å². The van der Waals surface area contributed by atoms with Gasteiger partial charge >= 0.3 is 6.09 Å². The first kappa shape index (κ1) is 25.0. The van der Waals surface area contributed by atoms with Crippen molar-refractivity contribution in [1.29, 1.82) is 0 Å². The summed E-state index contributed by atoms with van der Waals surface area (Å²) < 4.78 is 30.6. The summed E-state index contributed by atoms with van der Waals surface area (Å²) in [4.78, 5) is 35.5. The first-order valence-electron chi connectivity index (χ1n) is 11.7. The van der Waals surface area contributed by atoms with E-state index in [1.165, 1.54) is 17.0 Å². The fourth-order valence-corrected chi connectivity index (χ4v) is 5.59. The Morgan fingerprint density at radius 2 is 1.80 bits per heavy atom. The van der Waals surface area contributed by atoms with E-state index in [1.54, 1.807) is 11.0 Å². The quantitative estimate of drug-likeness (QED) is 0.622. The summed E-state index contributed by atoms with van der Waals surface area (Å²) in [6.45, 7) is 10.3. The van der Waals surface area contributed by atoms with E-state index in [9.17, 15) is 18.0 Å². The molecule has 1 atom stereocenters. The molecule has 1 aromatic heterocycles. The summed E-state index contributed by atoms with van der Waals surface area (Å²) in [5.41, 5.74) is 2.70. The lowest BCUT2D eigenvalue weighted by Gasteiger charge is -2.36. The van der Waals surface area contributed by atoms with Crippen LogP contribution in [0.2, 0.25) is 0 Å². The van der Waals surface area contributed by atoms with Crippen molar-refractivity contribution in [3.8, 4) is 0 Å². The molecule has 0 unspecified atom stereocenters. The second-order valence-corrected chi connectivity index (χ2v) is 11.6. The zero-order chi connectivity index (χ0) is 25.5. The number of piperazine rings is 1. The summed E-state index contributed by atoms with van der Waals surface area (Å²) in [5, 5.41) is 0. The Labute approximate surface area is 206 Å². The molecule has 0 spiro atoms. The Bertz CT molecular complexity index is 1250. The number of amides is 2. The Kier molecular flexibility index (Phi) is 6.77. The van der Waals surface area contributed by atoms with Gasteiger partial charge in [0.2, 0.25) is 0 Å². The topological polar surface area (TPSA) is 100 Å². The number of aryl methyl sites for hydroxylation is 2. The molecule has 0 bridgehead atoms. The fourth-order valence-electron chi connectivity index (χ4n) is 4.70. The minimum Gasteiger partial charge on any atom is -0.447 e. The highest BCUT2D eigenvalue weighted by Crippen LogP contribution is 2.31. The molecule has 0 saturated carbocycles. The van der Waals surface area contributed by atoms with Crippen molar-refractivity contribution < 1.29 is 22.7 Å². The maximum atomic E-state index is 13.4. The number of aromatic nitrogens is 1. The summed E-state index contributed by atoms with van der Waals surface area (Å²) >= 11 is 0. The van der Waals surface area contributed by atoms with Crippen LogP contribution in [0.4, 0.5) is 16.3 Å². The average Bonchev–Trinajstić information content (AvgIpc) is 3.19. The van der Waals surface area contributed by atoms with Gasteiger partial charge in [-0.2, -0.15) is 0 Å². The SMILES string of the molecule is Cc1cnc(N2CCN(C(=O)c3ccc(N4C(=O)OC[C@H]4C(C)C)cc3S(C)(=O)=O)CC2)c(C)c1. The number of nitrogens with zero attached hydrogens (tertiary/aromatic N) is 4. The Morgan fingerprint density at radius 1 is 1.11 bits per heavy atom. The summed E-state index contributed by atoms with van der Waals surface area (Å²) in [6.07, 6.45) is 2.40. The van der Waals surface area contributed by atoms with Crippen LogP contribution in [0.25, 0.3) is 0 Å². The maximum absolute atomic E-state index is 13.4. The van der Waals surface area contributed by atoms with Crippen molar-refractivity contribution in [3.63, 3.8) is 0 Å². The zero-order valence-corrected chi connectivity index (χ0v) is 21.6. The summed E-state index contributed by atoms with van der Waals surface area (Å²) in [7, 11) is -3.73. The smallest absolute Gasteiger partial charge is 0.414 e. The Morgan fingerprint density at radius 3 is 2.40 bits per heavy atom. The minimum atomic E-state index is -3.73. The highest BCUT2D eigenvalue weighted by Gasteiger charge is 2.37. The van der Waals surface area contributed by atoms with Gasteiger partial charge < -0.3 is 14.5 Å². The van der Waals surface area contributed by atoms with Crippen LogP contribution in [0.1, 0.15) is 35.3 Å². The average molecular weight is 501 g/mol. The van der Waals surface area contributed by atoms with E-state index in [4.69, 9.17) is 4.74 Å². The van der Waals surface area contributed by atoms with Crippen LogP contribution in [-0.2, 0) is 14.6 Å². The van der Waals surface area contributed by atoms with Gasteiger partial charge in [0.25, 0.3) is 5.91 Å². The van der Waals surface area contributed by atoms with Crippen molar-refractivity contribution in [2.24, 2.45) is 5.92 Å². The molecule has 3 heterocycles. The molecule has 2 aliphatic heterocycles. The molecule has 2 saturated heterocycles. The molecule has 9 nitrogen and oxygen atoms in total. The molecule has 0 radical (unpaired) electrons. The molecule has 1 aromatic carbocycles. The molecule has 0 aliphatic carbocycles. The number of sulfone groups is 1. The standard InChI is InChI=1S/C25H32N4O5S/c1-16(2)21-15-34-25(31)29(21)19-6-7-20(22(13-19)35(5,32)33)24(30)28-10-8-27(9-11-28)23-18(4)12-17(3)14-26-23/h6-7,12-14,16,21H,8-11,15H2,1-5H3/t21-/m0/s1. The third-order valence-electron chi connectivity index (χ3n) is 6.60. The normalized spacial score (nSPS) is 18.9. The number of benzene rings is 1. The van der Waals surface area contributed by atoms with Gasteiger partial charge in [-0.05, 0) is 49.1 Å². The molecule has 2 fully saturated rings. The van der Waals surface area contributed by atoms with E-state index in [0.717, 1.165) is 23.2 Å². The van der Waals surface area contributed by atoms with Crippen LogP contribution in [-0.4, -0.2) is 75.4 Å². The van der Waals surface area contributed by atoms with Gasteiger partial charge in [0.05, 0.1) is 16.5 Å². The maximum Gasteiger partial charge on any atom is 0.414 e. The van der Waals surface area contributed by atoms with E-state index < -0.39 is 15.9 Å². The third-order valence-corrected chi connectivity index (χ3v) is 7.74. The van der Waals surface area contributed by atoms with E-state index in [0.29, 0.717) is 31.9 Å². The zero-order valence-electron chi connectivity index (χ0n) is 20.8. The Hall–Kier alpha value is -3.14. The third kappa shape index (κ3) is 4.98. The van der Waals surface area contributed by atoms with Gasteiger partial charge in [0, 0.05) is 44.3 Å². The second-order valence-electron chi connectivity index (χ2n) is 9.64. The van der Waals surface area contributed by atoms with Crippen LogP contribution in [0.3, 0.4) is 0 Å². The lowest BCUT2D eigenvalue weighted by Crippen LogP contribution is -2.49. The predicted octanol–water partition coefficient (Wildman–Crippen LogP) is 3.05. The molecular formula is C25H32N4O5S. The van der Waals surface area contributed by atoms with E-state index in [2.05, 4.69) is 16.0 Å². The lowest BCUT2D eigenvalue weighted by molar-refractivity contribution is 0.0742. The number of carbonyl (C=O) groups excluding carboxylic acids is 2. The number of ether oxygens (including phenoxy) is 1. The first-order valence-corrected chi connectivity index (χ1v) is 13.6. The van der Waals surface area contributed by atoms with Crippen molar-refractivity contribution in [2.45, 2.75) is 38.6 Å². The first-order chi connectivity index (χ1) is 16.5.